The van der Waals surface area contributed by atoms with E-state index in [1.54, 1.807) is 0 Å². The Morgan fingerprint density at radius 3 is 2.69 bits per heavy atom. The largest absolute Gasteiger partial charge is 0.494 e. The Bertz CT molecular complexity index is 385. The number of carbonyl (C=O) groups excluding carboxylic acids is 1. The van der Waals surface area contributed by atoms with E-state index in [4.69, 9.17) is 27.8 Å². The lowest BCUT2D eigenvalue weighted by molar-refractivity contribution is 0.0994. The van der Waals surface area contributed by atoms with Gasteiger partial charge in [-0.25, -0.2) is 4.98 Å². The van der Waals surface area contributed by atoms with Crippen LogP contribution in [-0.4, -0.2) is 24.5 Å². The van der Waals surface area contributed by atoms with Crippen molar-refractivity contribution < 1.29 is 9.53 Å². The summed E-state index contributed by atoms with van der Waals surface area (Å²) in [5.74, 6) is -0.215. The fourth-order valence-corrected chi connectivity index (χ4v) is 1.55. The molecule has 1 heterocycles. The first kappa shape index (κ1) is 15.0. The number of pyridine rings is 1. The molecule has 1 aromatic rings. The highest BCUT2D eigenvalue weighted by atomic mass is 35.5. The number of hydrogen-bond donors (Lipinski definition) is 2. The second-order valence-corrected chi connectivity index (χ2v) is 3.25. The number of nitrogens with two attached hydrogens (primary N) is 2. The number of nitrogens with zero attached hydrogens (tertiary/aromatic N) is 1. The van der Waals surface area contributed by atoms with Gasteiger partial charge in [-0.1, -0.05) is 11.6 Å². The molecular weight excluding hydrogens is 253 g/mol. The van der Waals surface area contributed by atoms with Gasteiger partial charge in [0.15, 0.2) is 5.75 Å². The molecule has 1 aromatic heterocycles. The fraction of sp³-hybridized carbons (Fsp3) is 0.333. The third kappa shape index (κ3) is 2.98. The second kappa shape index (κ2) is 6.52. The maximum atomic E-state index is 11.1. The number of aromatic nitrogens is 1. The van der Waals surface area contributed by atoms with Gasteiger partial charge < -0.3 is 16.2 Å². The SMILES string of the molecule is COc1cnc(C(N)=O)c(CCN)c1Cl.Cl. The Morgan fingerprint density at radius 1 is 1.62 bits per heavy atom. The first-order valence-electron chi connectivity index (χ1n) is 4.33. The Kier molecular flexibility index (Phi) is 6.10. The Morgan fingerprint density at radius 2 is 2.25 bits per heavy atom. The van der Waals surface area contributed by atoms with Gasteiger partial charge in [0.05, 0.1) is 18.3 Å². The first-order chi connectivity index (χ1) is 7.11. The van der Waals surface area contributed by atoms with Crippen molar-refractivity contribution in [1.82, 2.24) is 4.98 Å². The maximum Gasteiger partial charge on any atom is 0.267 e. The van der Waals surface area contributed by atoms with Crippen molar-refractivity contribution in [3.05, 3.63) is 22.5 Å². The van der Waals surface area contributed by atoms with Gasteiger partial charge in [-0.05, 0) is 13.0 Å². The van der Waals surface area contributed by atoms with E-state index in [0.29, 0.717) is 29.3 Å². The van der Waals surface area contributed by atoms with E-state index in [1.807, 2.05) is 0 Å². The molecule has 0 unspecified atom stereocenters. The van der Waals surface area contributed by atoms with Crippen LogP contribution in [0.5, 0.6) is 5.75 Å². The summed E-state index contributed by atoms with van der Waals surface area (Å²) in [5.41, 5.74) is 11.3. The quantitative estimate of drug-likeness (QED) is 0.841. The van der Waals surface area contributed by atoms with Gasteiger partial charge in [-0.3, -0.25) is 4.79 Å². The summed E-state index contributed by atoms with van der Waals surface area (Å²) in [5, 5.41) is 0.340. The summed E-state index contributed by atoms with van der Waals surface area (Å²) < 4.78 is 4.98. The molecule has 0 atom stereocenters. The average Bonchev–Trinajstić information content (AvgIpc) is 2.20. The Labute approximate surface area is 105 Å². The number of primary amides is 1. The second-order valence-electron chi connectivity index (χ2n) is 2.87. The zero-order chi connectivity index (χ0) is 11.4. The number of rotatable bonds is 4. The van der Waals surface area contributed by atoms with Crippen molar-refractivity contribution in [2.75, 3.05) is 13.7 Å². The van der Waals surface area contributed by atoms with Crippen molar-refractivity contribution in [1.29, 1.82) is 0 Å². The summed E-state index contributed by atoms with van der Waals surface area (Å²) >= 11 is 6.01. The Hall–Kier alpha value is -1.04. The van der Waals surface area contributed by atoms with Gasteiger partial charge in [0, 0.05) is 5.56 Å². The minimum absolute atomic E-state index is 0. The molecule has 0 saturated heterocycles. The molecule has 0 aromatic carbocycles. The van der Waals surface area contributed by atoms with Crippen LogP contribution in [-0.2, 0) is 6.42 Å². The molecule has 5 nitrogen and oxygen atoms in total. The van der Waals surface area contributed by atoms with Crippen LogP contribution < -0.4 is 16.2 Å². The van der Waals surface area contributed by atoms with E-state index in [-0.39, 0.29) is 18.1 Å². The van der Waals surface area contributed by atoms with Crippen LogP contribution in [0, 0.1) is 0 Å². The minimum atomic E-state index is -0.622. The van der Waals surface area contributed by atoms with Crippen molar-refractivity contribution in [3.8, 4) is 5.75 Å². The summed E-state index contributed by atoms with van der Waals surface area (Å²) in [7, 11) is 1.47. The highest BCUT2D eigenvalue weighted by Crippen LogP contribution is 2.29. The minimum Gasteiger partial charge on any atom is -0.494 e. The lowest BCUT2D eigenvalue weighted by atomic mass is 10.1. The smallest absolute Gasteiger partial charge is 0.267 e. The van der Waals surface area contributed by atoms with Gasteiger partial charge in [0.25, 0.3) is 5.91 Å². The molecule has 0 radical (unpaired) electrons. The van der Waals surface area contributed by atoms with Crippen LogP contribution in [0.25, 0.3) is 0 Å². The maximum absolute atomic E-state index is 11.1. The highest BCUT2D eigenvalue weighted by Gasteiger charge is 2.16. The summed E-state index contributed by atoms with van der Waals surface area (Å²) in [4.78, 5) is 15.0. The van der Waals surface area contributed by atoms with Crippen LogP contribution in [0.3, 0.4) is 0 Å². The van der Waals surface area contributed by atoms with Crippen molar-refractivity contribution in [3.63, 3.8) is 0 Å². The monoisotopic (exact) mass is 265 g/mol. The fourth-order valence-electron chi connectivity index (χ4n) is 1.24. The van der Waals surface area contributed by atoms with E-state index in [9.17, 15) is 4.79 Å². The molecule has 4 N–H and O–H groups in total. The van der Waals surface area contributed by atoms with Crippen LogP contribution in [0.15, 0.2) is 6.20 Å². The molecule has 0 bridgehead atoms. The normalized spacial score (nSPS) is 9.44. The van der Waals surface area contributed by atoms with Crippen molar-refractivity contribution in [2.45, 2.75) is 6.42 Å². The van der Waals surface area contributed by atoms with Crippen LogP contribution in [0.2, 0.25) is 5.02 Å². The molecular formula is C9H13Cl2N3O2. The summed E-state index contributed by atoms with van der Waals surface area (Å²) in [6, 6.07) is 0. The number of methoxy groups -OCH3 is 1. The van der Waals surface area contributed by atoms with Gasteiger partial charge in [0.1, 0.15) is 5.69 Å². The highest BCUT2D eigenvalue weighted by molar-refractivity contribution is 6.33. The predicted octanol–water partition coefficient (Wildman–Crippen LogP) is 0.765. The predicted molar refractivity (Wildman–Crippen MR) is 64.3 cm³/mol. The van der Waals surface area contributed by atoms with E-state index in [1.165, 1.54) is 13.3 Å². The van der Waals surface area contributed by atoms with E-state index < -0.39 is 5.91 Å². The summed E-state index contributed by atoms with van der Waals surface area (Å²) in [6.07, 6.45) is 1.80. The topological polar surface area (TPSA) is 91.2 Å². The zero-order valence-electron chi connectivity index (χ0n) is 8.70. The number of carbonyl (C=O) groups is 1. The molecule has 16 heavy (non-hydrogen) atoms. The standard InChI is InChI=1S/C9H12ClN3O2.ClH/c1-15-6-4-13-8(9(12)14)5(2-3-11)7(6)10;/h4H,2-3,11H2,1H3,(H2,12,14);1H. The molecule has 0 aliphatic carbocycles. The van der Waals surface area contributed by atoms with Gasteiger partial charge in [0.2, 0.25) is 0 Å². The number of halogens is 2. The molecule has 0 saturated carbocycles. The first-order valence-corrected chi connectivity index (χ1v) is 4.70. The molecule has 1 amide bonds. The number of hydrogen-bond acceptors (Lipinski definition) is 4. The third-order valence-corrected chi connectivity index (χ3v) is 2.34. The molecule has 90 valence electrons. The third-order valence-electron chi connectivity index (χ3n) is 1.93. The van der Waals surface area contributed by atoms with Gasteiger partial charge in [-0.15, -0.1) is 12.4 Å². The molecule has 0 spiro atoms. The molecule has 0 aliphatic rings. The molecule has 1 rings (SSSR count). The van der Waals surface area contributed by atoms with E-state index >= 15 is 0 Å². The molecule has 0 fully saturated rings. The average molecular weight is 266 g/mol. The molecule has 0 aliphatic heterocycles. The van der Waals surface area contributed by atoms with E-state index in [0.717, 1.165) is 0 Å². The lowest BCUT2D eigenvalue weighted by Crippen LogP contribution is -2.18. The number of amides is 1. The zero-order valence-corrected chi connectivity index (χ0v) is 10.3. The van der Waals surface area contributed by atoms with Gasteiger partial charge in [-0.2, -0.15) is 0 Å². The lowest BCUT2D eigenvalue weighted by Gasteiger charge is -2.10. The summed E-state index contributed by atoms with van der Waals surface area (Å²) in [6.45, 7) is 0.356. The van der Waals surface area contributed by atoms with Crippen molar-refractivity contribution in [2.24, 2.45) is 11.5 Å². The van der Waals surface area contributed by atoms with Crippen LogP contribution in [0.1, 0.15) is 16.1 Å². The van der Waals surface area contributed by atoms with Crippen molar-refractivity contribution >= 4 is 29.9 Å². The Balaban J connectivity index is 0.00000225. The molecule has 7 heteroatoms. The van der Waals surface area contributed by atoms with Gasteiger partial charge >= 0.3 is 0 Å². The number of ether oxygens (including phenoxy) is 1. The van der Waals surface area contributed by atoms with E-state index in [2.05, 4.69) is 4.98 Å². The van der Waals surface area contributed by atoms with Crippen LogP contribution >= 0.6 is 24.0 Å². The van der Waals surface area contributed by atoms with Crippen LogP contribution in [0.4, 0.5) is 0 Å².